The molecule has 1 aliphatic rings. The molecule has 0 unspecified atom stereocenters. The Hall–Kier alpha value is -1.07. The van der Waals surface area contributed by atoms with Gasteiger partial charge in [0.05, 0.1) is 10.4 Å². The van der Waals surface area contributed by atoms with Gasteiger partial charge in [0.15, 0.2) is 9.84 Å². The van der Waals surface area contributed by atoms with Gasteiger partial charge >= 0.3 is 0 Å². The molecule has 0 radical (unpaired) electrons. The molecule has 0 heterocycles. The largest absolute Gasteiger partial charge is 0.345 e. The summed E-state index contributed by atoms with van der Waals surface area (Å²) in [5.74, 6) is 0.202. The number of halogens is 1. The number of nitrogens with one attached hydrogen (secondary N) is 1. The molecule has 1 N–H and O–H groups in total. The third kappa shape index (κ3) is 3.33. The summed E-state index contributed by atoms with van der Waals surface area (Å²) in [4.78, 5) is 12.4. The SMILES string of the molecule is CS(=O)(=O)c1ccc(C(=O)NC2(CCl)CCCC2)cc1. The van der Waals surface area contributed by atoms with Gasteiger partial charge in [-0.3, -0.25) is 4.79 Å². The standard InChI is InChI=1S/C14H18ClNO3S/c1-20(18,19)12-6-4-11(5-7-12)13(17)16-14(10-15)8-2-3-9-14/h4-7H,2-3,8-10H2,1H3,(H,16,17). The van der Waals surface area contributed by atoms with Crippen LogP contribution in [0.15, 0.2) is 29.2 Å². The van der Waals surface area contributed by atoms with Crippen molar-refractivity contribution in [3.63, 3.8) is 0 Å². The molecule has 1 amide bonds. The minimum atomic E-state index is -3.24. The minimum Gasteiger partial charge on any atom is -0.345 e. The number of hydrogen-bond acceptors (Lipinski definition) is 3. The third-order valence-electron chi connectivity index (χ3n) is 3.74. The van der Waals surface area contributed by atoms with E-state index in [1.807, 2.05) is 0 Å². The van der Waals surface area contributed by atoms with Gasteiger partial charge in [0.25, 0.3) is 5.91 Å². The number of amides is 1. The van der Waals surface area contributed by atoms with E-state index in [2.05, 4.69) is 5.32 Å². The van der Waals surface area contributed by atoms with Crippen molar-refractivity contribution in [2.24, 2.45) is 0 Å². The fraction of sp³-hybridized carbons (Fsp3) is 0.500. The molecule has 4 nitrogen and oxygen atoms in total. The number of rotatable bonds is 4. The zero-order chi connectivity index (χ0) is 14.8. The predicted molar refractivity (Wildman–Crippen MR) is 78.9 cm³/mol. The van der Waals surface area contributed by atoms with Crippen molar-refractivity contribution < 1.29 is 13.2 Å². The lowest BCUT2D eigenvalue weighted by molar-refractivity contribution is 0.0909. The second kappa shape index (κ2) is 5.74. The van der Waals surface area contributed by atoms with E-state index in [1.54, 1.807) is 0 Å². The second-order valence-electron chi connectivity index (χ2n) is 5.37. The van der Waals surface area contributed by atoms with Crippen LogP contribution in [0.2, 0.25) is 0 Å². The van der Waals surface area contributed by atoms with Gasteiger partial charge in [-0.2, -0.15) is 0 Å². The molecule has 0 atom stereocenters. The minimum absolute atomic E-state index is 0.201. The first-order chi connectivity index (χ1) is 9.36. The van der Waals surface area contributed by atoms with Crippen LogP contribution in [0.4, 0.5) is 0 Å². The van der Waals surface area contributed by atoms with Gasteiger partial charge in [-0.15, -0.1) is 11.6 Å². The second-order valence-corrected chi connectivity index (χ2v) is 7.65. The monoisotopic (exact) mass is 315 g/mol. The molecule has 110 valence electrons. The van der Waals surface area contributed by atoms with E-state index < -0.39 is 9.84 Å². The number of carbonyl (C=O) groups is 1. The lowest BCUT2D eigenvalue weighted by atomic mass is 9.99. The molecule has 1 aliphatic carbocycles. The van der Waals surface area contributed by atoms with Crippen LogP contribution >= 0.6 is 11.6 Å². The van der Waals surface area contributed by atoms with E-state index in [4.69, 9.17) is 11.6 Å². The summed E-state index contributed by atoms with van der Waals surface area (Å²) in [6.07, 6.45) is 5.07. The molecule has 1 aromatic carbocycles. The van der Waals surface area contributed by atoms with Gasteiger partial charge in [-0.25, -0.2) is 8.42 Å². The quantitative estimate of drug-likeness (QED) is 0.868. The number of benzene rings is 1. The zero-order valence-corrected chi connectivity index (χ0v) is 12.9. The van der Waals surface area contributed by atoms with Crippen LogP contribution in [0.5, 0.6) is 0 Å². The maximum Gasteiger partial charge on any atom is 0.251 e. The molecule has 1 aromatic rings. The van der Waals surface area contributed by atoms with Crippen molar-refractivity contribution in [1.82, 2.24) is 5.32 Å². The van der Waals surface area contributed by atoms with Gasteiger partial charge in [0.1, 0.15) is 0 Å². The average molecular weight is 316 g/mol. The Labute approximate surface area is 124 Å². The highest BCUT2D eigenvalue weighted by atomic mass is 35.5. The smallest absolute Gasteiger partial charge is 0.251 e. The van der Waals surface area contributed by atoms with Crippen molar-refractivity contribution in [2.45, 2.75) is 36.1 Å². The van der Waals surface area contributed by atoms with E-state index in [-0.39, 0.29) is 16.3 Å². The van der Waals surface area contributed by atoms with E-state index in [9.17, 15) is 13.2 Å². The maximum absolute atomic E-state index is 12.2. The maximum atomic E-state index is 12.2. The Morgan fingerprint density at radius 3 is 2.25 bits per heavy atom. The highest BCUT2D eigenvalue weighted by Crippen LogP contribution is 2.31. The number of alkyl halides is 1. The Morgan fingerprint density at radius 2 is 1.80 bits per heavy atom. The molecular weight excluding hydrogens is 298 g/mol. The molecule has 0 bridgehead atoms. The summed E-state index contributed by atoms with van der Waals surface area (Å²) >= 11 is 5.99. The Kier molecular flexibility index (Phi) is 4.39. The van der Waals surface area contributed by atoms with Gasteiger partial charge in [-0.05, 0) is 37.1 Å². The van der Waals surface area contributed by atoms with E-state index in [0.717, 1.165) is 31.9 Å². The van der Waals surface area contributed by atoms with Crippen LogP contribution in [0.25, 0.3) is 0 Å². The first-order valence-corrected chi connectivity index (χ1v) is 8.98. The summed E-state index contributed by atoms with van der Waals surface area (Å²) in [6.45, 7) is 0. The third-order valence-corrected chi connectivity index (χ3v) is 5.38. The highest BCUT2D eigenvalue weighted by molar-refractivity contribution is 7.90. The van der Waals surface area contributed by atoms with Crippen molar-refractivity contribution >= 4 is 27.3 Å². The van der Waals surface area contributed by atoms with E-state index >= 15 is 0 Å². The Balaban J connectivity index is 2.14. The summed E-state index contributed by atoms with van der Waals surface area (Å²) in [5, 5.41) is 3.00. The lowest BCUT2D eigenvalue weighted by Crippen LogP contribution is -2.47. The number of hydrogen-bond donors (Lipinski definition) is 1. The van der Waals surface area contributed by atoms with Crippen LogP contribution in [-0.4, -0.2) is 32.0 Å². The van der Waals surface area contributed by atoms with Crippen LogP contribution in [0, 0.1) is 0 Å². The summed E-state index contributed by atoms with van der Waals surface area (Å²) in [6, 6.07) is 5.96. The van der Waals surface area contributed by atoms with Crippen LogP contribution < -0.4 is 5.32 Å². The lowest BCUT2D eigenvalue weighted by Gasteiger charge is -2.27. The number of sulfone groups is 1. The van der Waals surface area contributed by atoms with Gasteiger partial charge in [0.2, 0.25) is 0 Å². The normalized spacial score (nSPS) is 17.9. The fourth-order valence-electron chi connectivity index (χ4n) is 2.51. The van der Waals surface area contributed by atoms with Crippen molar-refractivity contribution in [3.05, 3.63) is 29.8 Å². The van der Waals surface area contributed by atoms with Gasteiger partial charge < -0.3 is 5.32 Å². The van der Waals surface area contributed by atoms with E-state index in [0.29, 0.717) is 11.4 Å². The van der Waals surface area contributed by atoms with Crippen molar-refractivity contribution in [2.75, 3.05) is 12.1 Å². The van der Waals surface area contributed by atoms with Crippen molar-refractivity contribution in [1.29, 1.82) is 0 Å². The first kappa shape index (κ1) is 15.3. The molecule has 2 rings (SSSR count). The first-order valence-electron chi connectivity index (χ1n) is 6.55. The zero-order valence-electron chi connectivity index (χ0n) is 11.4. The number of carbonyl (C=O) groups excluding carboxylic acids is 1. The van der Waals surface area contributed by atoms with Crippen molar-refractivity contribution in [3.8, 4) is 0 Å². The van der Waals surface area contributed by atoms with Crippen LogP contribution in [0.3, 0.4) is 0 Å². The molecule has 0 aliphatic heterocycles. The topological polar surface area (TPSA) is 63.2 Å². The molecule has 0 saturated heterocycles. The highest BCUT2D eigenvalue weighted by Gasteiger charge is 2.34. The molecular formula is C14H18ClNO3S. The Bertz CT molecular complexity index is 589. The molecule has 1 saturated carbocycles. The summed E-state index contributed by atoms with van der Waals surface area (Å²) < 4.78 is 22.7. The van der Waals surface area contributed by atoms with Crippen LogP contribution in [-0.2, 0) is 9.84 Å². The molecule has 6 heteroatoms. The summed E-state index contributed by atoms with van der Waals surface area (Å²) in [5.41, 5.74) is 0.141. The molecule has 0 aromatic heterocycles. The van der Waals surface area contributed by atoms with E-state index in [1.165, 1.54) is 24.3 Å². The van der Waals surface area contributed by atoms with Gasteiger partial charge in [-0.1, -0.05) is 12.8 Å². The predicted octanol–water partition coefficient (Wildman–Crippen LogP) is 2.37. The molecule has 20 heavy (non-hydrogen) atoms. The Morgan fingerprint density at radius 1 is 1.25 bits per heavy atom. The molecule has 0 spiro atoms. The van der Waals surface area contributed by atoms with Crippen LogP contribution in [0.1, 0.15) is 36.0 Å². The van der Waals surface area contributed by atoms with Gasteiger partial charge in [0, 0.05) is 17.7 Å². The average Bonchev–Trinajstić information content (AvgIpc) is 2.87. The summed E-state index contributed by atoms with van der Waals surface area (Å²) in [7, 11) is -3.24. The molecule has 1 fully saturated rings. The fourth-order valence-corrected chi connectivity index (χ4v) is 3.47.